The molecule has 0 unspecified atom stereocenters. The van der Waals surface area contributed by atoms with Crippen molar-refractivity contribution in [1.29, 1.82) is 5.41 Å². The molecule has 4 rings (SSSR count). The van der Waals surface area contributed by atoms with Crippen LogP contribution in [0.4, 0.5) is 0 Å². The molecule has 1 N–H and O–H groups in total. The molecule has 7 heteroatoms. The zero-order valence-corrected chi connectivity index (χ0v) is 16.2. The molecule has 0 atom stereocenters. The number of esters is 1. The van der Waals surface area contributed by atoms with Gasteiger partial charge in [0.15, 0.2) is 0 Å². The third kappa shape index (κ3) is 3.20. The number of fused-ring (bicyclic) bond motifs is 2. The Hall–Kier alpha value is -3.74. The van der Waals surface area contributed by atoms with Crippen LogP contribution in [-0.4, -0.2) is 26.5 Å². The van der Waals surface area contributed by atoms with Gasteiger partial charge in [0.1, 0.15) is 22.3 Å². The smallest absolute Gasteiger partial charge is 0.341 e. The molecule has 0 saturated carbocycles. The lowest BCUT2D eigenvalue weighted by Gasteiger charge is -2.15. The number of ether oxygens (including phenoxy) is 1. The molecular formula is C22H20N4O3. The Morgan fingerprint density at radius 1 is 1.14 bits per heavy atom. The normalized spacial score (nSPS) is 11.1. The Bertz CT molecular complexity index is 1350. The van der Waals surface area contributed by atoms with Crippen molar-refractivity contribution in [3.63, 3.8) is 0 Å². The molecule has 0 aliphatic carbocycles. The highest BCUT2D eigenvalue weighted by molar-refractivity contribution is 5.93. The Morgan fingerprint density at radius 3 is 2.62 bits per heavy atom. The molecule has 146 valence electrons. The second kappa shape index (κ2) is 7.35. The van der Waals surface area contributed by atoms with Crippen molar-refractivity contribution in [3.05, 3.63) is 87.3 Å². The molecule has 0 aliphatic rings. The number of hydrogen-bond donors (Lipinski definition) is 1. The molecule has 3 aromatic heterocycles. The number of pyridine rings is 2. The largest absolute Gasteiger partial charge is 0.462 e. The van der Waals surface area contributed by atoms with Crippen LogP contribution in [0.3, 0.4) is 0 Å². The number of nitrogens with one attached hydrogen (secondary N) is 1. The van der Waals surface area contributed by atoms with Crippen LogP contribution >= 0.6 is 0 Å². The summed E-state index contributed by atoms with van der Waals surface area (Å²) in [6, 6.07) is 14.6. The minimum atomic E-state index is -0.630. The van der Waals surface area contributed by atoms with E-state index in [9.17, 15) is 9.59 Å². The van der Waals surface area contributed by atoms with Gasteiger partial charge in [-0.1, -0.05) is 36.4 Å². The Balaban J connectivity index is 2.11. The first-order valence-electron chi connectivity index (χ1n) is 9.32. The fourth-order valence-corrected chi connectivity index (χ4v) is 3.38. The van der Waals surface area contributed by atoms with Crippen molar-refractivity contribution < 1.29 is 9.53 Å². The number of aromatic nitrogens is 3. The SMILES string of the molecule is CCOC(=O)c1cc2c(=O)n3cccc(C)c3nc2n(Cc2ccccc2)c1=N. The van der Waals surface area contributed by atoms with E-state index in [1.807, 2.05) is 43.3 Å². The van der Waals surface area contributed by atoms with Gasteiger partial charge >= 0.3 is 5.97 Å². The Morgan fingerprint density at radius 2 is 1.90 bits per heavy atom. The molecule has 0 spiro atoms. The maximum absolute atomic E-state index is 13.2. The fourth-order valence-electron chi connectivity index (χ4n) is 3.38. The van der Waals surface area contributed by atoms with Crippen LogP contribution in [0.25, 0.3) is 16.7 Å². The maximum Gasteiger partial charge on any atom is 0.341 e. The molecule has 1 aromatic carbocycles. The molecule has 3 heterocycles. The Labute approximate surface area is 166 Å². The second-order valence-electron chi connectivity index (χ2n) is 6.74. The van der Waals surface area contributed by atoms with E-state index in [4.69, 9.17) is 15.1 Å². The molecule has 0 fully saturated rings. The second-order valence-corrected chi connectivity index (χ2v) is 6.74. The van der Waals surface area contributed by atoms with Gasteiger partial charge in [0.25, 0.3) is 5.56 Å². The van der Waals surface area contributed by atoms with Crippen LogP contribution in [0.15, 0.2) is 59.5 Å². The first kappa shape index (κ1) is 18.6. The summed E-state index contributed by atoms with van der Waals surface area (Å²) in [7, 11) is 0. The highest BCUT2D eigenvalue weighted by atomic mass is 16.5. The Kier molecular flexibility index (Phi) is 4.72. The lowest BCUT2D eigenvalue weighted by molar-refractivity contribution is 0.0523. The monoisotopic (exact) mass is 388 g/mol. The first-order chi connectivity index (χ1) is 14.0. The average molecular weight is 388 g/mol. The van der Waals surface area contributed by atoms with Crippen molar-refractivity contribution in [2.45, 2.75) is 20.4 Å². The van der Waals surface area contributed by atoms with Gasteiger partial charge in [-0.2, -0.15) is 0 Å². The van der Waals surface area contributed by atoms with Crippen molar-refractivity contribution in [2.24, 2.45) is 0 Å². The predicted molar refractivity (Wildman–Crippen MR) is 109 cm³/mol. The van der Waals surface area contributed by atoms with E-state index in [0.29, 0.717) is 17.8 Å². The van der Waals surface area contributed by atoms with Gasteiger partial charge in [-0.25, -0.2) is 9.78 Å². The van der Waals surface area contributed by atoms with Crippen LogP contribution in [0.5, 0.6) is 0 Å². The minimum absolute atomic E-state index is 0.0374. The van der Waals surface area contributed by atoms with Crippen molar-refractivity contribution in [2.75, 3.05) is 6.61 Å². The van der Waals surface area contributed by atoms with Crippen LogP contribution in [0.1, 0.15) is 28.4 Å². The molecule has 0 aliphatic heterocycles. The predicted octanol–water partition coefficient (Wildman–Crippen LogP) is 2.66. The number of rotatable bonds is 4. The van der Waals surface area contributed by atoms with E-state index in [0.717, 1.165) is 11.1 Å². The summed E-state index contributed by atoms with van der Waals surface area (Å²) in [6.45, 7) is 4.07. The van der Waals surface area contributed by atoms with E-state index in [1.165, 1.54) is 10.5 Å². The molecule has 29 heavy (non-hydrogen) atoms. The summed E-state index contributed by atoms with van der Waals surface area (Å²) in [6.07, 6.45) is 1.65. The highest BCUT2D eigenvalue weighted by Gasteiger charge is 2.18. The third-order valence-corrected chi connectivity index (χ3v) is 4.81. The van der Waals surface area contributed by atoms with E-state index in [2.05, 4.69) is 0 Å². The van der Waals surface area contributed by atoms with Gasteiger partial charge in [-0.15, -0.1) is 0 Å². The summed E-state index contributed by atoms with van der Waals surface area (Å²) in [4.78, 5) is 30.3. The van der Waals surface area contributed by atoms with Crippen LogP contribution < -0.4 is 11.0 Å². The number of carbonyl (C=O) groups excluding carboxylic acids is 1. The molecule has 0 bridgehead atoms. The van der Waals surface area contributed by atoms with E-state index >= 15 is 0 Å². The molecule has 7 nitrogen and oxygen atoms in total. The van der Waals surface area contributed by atoms with Crippen molar-refractivity contribution in [1.82, 2.24) is 14.0 Å². The fraction of sp³-hybridized carbons (Fsp3) is 0.182. The summed E-state index contributed by atoms with van der Waals surface area (Å²) < 4.78 is 8.16. The zero-order valence-electron chi connectivity index (χ0n) is 16.2. The van der Waals surface area contributed by atoms with Crippen LogP contribution in [-0.2, 0) is 11.3 Å². The number of benzene rings is 1. The van der Waals surface area contributed by atoms with Gasteiger partial charge in [-0.05, 0) is 37.1 Å². The molecular weight excluding hydrogens is 368 g/mol. The standard InChI is InChI=1S/C22H20N4O3/c1-3-29-22(28)16-12-17-20(24-19-14(2)8-7-11-25(19)21(17)27)26(18(16)23)13-15-9-5-4-6-10-15/h4-12,23H,3,13H2,1-2H3. The lowest BCUT2D eigenvalue weighted by Crippen LogP contribution is -2.31. The molecule has 0 saturated heterocycles. The number of nitrogens with zero attached hydrogens (tertiary/aromatic N) is 3. The summed E-state index contributed by atoms with van der Waals surface area (Å²) >= 11 is 0. The van der Waals surface area contributed by atoms with Crippen molar-refractivity contribution in [3.8, 4) is 0 Å². The summed E-state index contributed by atoms with van der Waals surface area (Å²) in [5.74, 6) is -0.630. The highest BCUT2D eigenvalue weighted by Crippen LogP contribution is 2.14. The van der Waals surface area contributed by atoms with Crippen molar-refractivity contribution >= 4 is 22.6 Å². The third-order valence-electron chi connectivity index (χ3n) is 4.81. The lowest BCUT2D eigenvalue weighted by atomic mass is 10.1. The number of carbonyl (C=O) groups is 1. The van der Waals surface area contributed by atoms with E-state index < -0.39 is 5.97 Å². The number of aryl methyl sites for hydroxylation is 1. The molecule has 0 radical (unpaired) electrons. The maximum atomic E-state index is 13.2. The van der Waals surface area contributed by atoms with E-state index in [1.54, 1.807) is 23.8 Å². The first-order valence-corrected chi connectivity index (χ1v) is 9.32. The quantitative estimate of drug-likeness (QED) is 0.430. The summed E-state index contributed by atoms with van der Waals surface area (Å²) in [5.41, 5.74) is 2.38. The minimum Gasteiger partial charge on any atom is -0.462 e. The molecule has 4 aromatic rings. The topological polar surface area (TPSA) is 89.4 Å². The van der Waals surface area contributed by atoms with Gasteiger partial charge < -0.3 is 9.30 Å². The van der Waals surface area contributed by atoms with Crippen LogP contribution in [0.2, 0.25) is 0 Å². The average Bonchev–Trinajstić information content (AvgIpc) is 2.72. The zero-order chi connectivity index (χ0) is 20.5. The molecule has 0 amide bonds. The van der Waals surface area contributed by atoms with Gasteiger partial charge in [-0.3, -0.25) is 14.6 Å². The van der Waals surface area contributed by atoms with Crippen LogP contribution in [0, 0.1) is 12.3 Å². The van der Waals surface area contributed by atoms with E-state index in [-0.39, 0.29) is 28.6 Å². The van der Waals surface area contributed by atoms with Gasteiger partial charge in [0.05, 0.1) is 18.5 Å². The van der Waals surface area contributed by atoms with Gasteiger partial charge in [0.2, 0.25) is 0 Å². The number of hydrogen-bond acceptors (Lipinski definition) is 5. The summed E-state index contributed by atoms with van der Waals surface area (Å²) in [5, 5.41) is 8.90. The van der Waals surface area contributed by atoms with Gasteiger partial charge in [0, 0.05) is 6.20 Å².